The third-order valence-electron chi connectivity index (χ3n) is 7.11. The summed E-state index contributed by atoms with van der Waals surface area (Å²) in [6, 6.07) is 40.4. The van der Waals surface area contributed by atoms with Crippen LogP contribution in [-0.4, -0.2) is 3.21 Å². The Morgan fingerprint density at radius 2 is 1.10 bits per heavy atom. The van der Waals surface area contributed by atoms with Crippen molar-refractivity contribution in [2.24, 2.45) is 5.92 Å². The number of fused-ring (bicyclic) bond motifs is 3. The molecule has 0 aromatic heterocycles. The van der Waals surface area contributed by atoms with E-state index in [0.717, 1.165) is 0 Å². The molecule has 0 spiro atoms. The van der Waals surface area contributed by atoms with Crippen LogP contribution in [0.3, 0.4) is 0 Å². The summed E-state index contributed by atoms with van der Waals surface area (Å²) in [6.45, 7) is 6.70. The van der Waals surface area contributed by atoms with Crippen LogP contribution in [0.2, 0.25) is 0 Å². The molecular formula is C37H36Cl2Zr-2. The summed E-state index contributed by atoms with van der Waals surface area (Å²) >= 11 is 1.46. The summed E-state index contributed by atoms with van der Waals surface area (Å²) < 4.78 is 1.42. The zero-order valence-corrected chi connectivity index (χ0v) is 27.5. The molecule has 1 aliphatic rings. The molecule has 0 radical (unpaired) electrons. The van der Waals surface area contributed by atoms with Gasteiger partial charge in [-0.25, -0.2) is 6.08 Å². The SMILES string of the molecule is CCC1=C(CC)C(CC)[C-]=C1.[Cl-].[Cl-].[Zr+2]=[C](c1ccccc1)c1ccccc1.c1ccc2c(c1)[cH-]c1ccccc12. The minimum Gasteiger partial charge on any atom is -0.126 e. The summed E-state index contributed by atoms with van der Waals surface area (Å²) in [7, 11) is 0. The van der Waals surface area contributed by atoms with Gasteiger partial charge in [-0.05, 0) is 0 Å². The Balaban J connectivity index is 0.000000207. The molecule has 6 rings (SSSR count). The zero-order valence-electron chi connectivity index (χ0n) is 23.5. The summed E-state index contributed by atoms with van der Waals surface area (Å²) in [5.41, 5.74) is 5.81. The van der Waals surface area contributed by atoms with Crippen molar-refractivity contribution in [1.82, 2.24) is 0 Å². The molecule has 0 amide bonds. The van der Waals surface area contributed by atoms with Crippen LogP contribution in [-0.2, 0) is 24.2 Å². The third kappa shape index (κ3) is 8.53. The Morgan fingerprint density at radius 1 is 0.650 bits per heavy atom. The van der Waals surface area contributed by atoms with E-state index in [1.54, 1.807) is 5.57 Å². The maximum atomic E-state index is 3.41. The third-order valence-corrected chi connectivity index (χ3v) is 8.53. The van der Waals surface area contributed by atoms with Crippen LogP contribution >= 0.6 is 0 Å². The molecule has 0 nitrogen and oxygen atoms in total. The minimum absolute atomic E-state index is 0. The van der Waals surface area contributed by atoms with E-state index in [2.05, 4.69) is 148 Å². The van der Waals surface area contributed by atoms with E-state index in [9.17, 15) is 0 Å². The molecule has 1 aliphatic carbocycles. The average Bonchev–Trinajstić information content (AvgIpc) is 3.59. The standard InChI is InChI=1S/C13H9.C13H10.C11H17.2ClH.Zr/c1-3-7-12-10(5-1)9-11-6-2-4-8-13(11)12;1-3-7-12(8-4-1)11-13-9-5-2-6-10-13;1-4-9-7-8-10(5-2)11(9)6-3;;;/h1-9H;1-10H;7,10H,4-6H2,1-3H3;2*1H;/q-1;;-1;;;+2/p-2. The Hall–Kier alpha value is -2.44. The molecule has 5 aromatic carbocycles. The quantitative estimate of drug-likeness (QED) is 0.254. The van der Waals surface area contributed by atoms with E-state index in [-0.39, 0.29) is 24.8 Å². The minimum atomic E-state index is 0. The van der Waals surface area contributed by atoms with Crippen LogP contribution in [0.25, 0.3) is 21.5 Å². The van der Waals surface area contributed by atoms with Crippen molar-refractivity contribution in [2.75, 3.05) is 0 Å². The number of rotatable bonds is 5. The van der Waals surface area contributed by atoms with Crippen LogP contribution in [0.4, 0.5) is 0 Å². The van der Waals surface area contributed by atoms with Crippen molar-refractivity contribution in [3.05, 3.63) is 150 Å². The van der Waals surface area contributed by atoms with Gasteiger partial charge < -0.3 is 24.8 Å². The molecule has 40 heavy (non-hydrogen) atoms. The number of benzene rings is 4. The molecule has 0 bridgehead atoms. The van der Waals surface area contributed by atoms with Gasteiger partial charge in [0.1, 0.15) is 0 Å². The van der Waals surface area contributed by atoms with E-state index in [1.165, 1.54) is 84.9 Å². The molecule has 5 aromatic rings. The fraction of sp³-hybridized carbons (Fsp3) is 0.189. The van der Waals surface area contributed by atoms with Gasteiger partial charge in [-0.15, -0.1) is 39.7 Å². The van der Waals surface area contributed by atoms with Gasteiger partial charge in [-0.2, -0.15) is 11.1 Å². The van der Waals surface area contributed by atoms with Gasteiger partial charge in [-0.3, -0.25) is 6.08 Å². The average molecular weight is 643 g/mol. The van der Waals surface area contributed by atoms with Crippen LogP contribution in [0.15, 0.2) is 132 Å². The zero-order chi connectivity index (χ0) is 26.7. The first-order valence-electron chi connectivity index (χ1n) is 13.7. The van der Waals surface area contributed by atoms with Crippen LogP contribution in [0, 0.1) is 12.0 Å². The molecule has 0 N–H and O–H groups in total. The Labute approximate surface area is 267 Å². The van der Waals surface area contributed by atoms with E-state index < -0.39 is 0 Å². The first-order chi connectivity index (χ1) is 18.7. The molecule has 0 aliphatic heterocycles. The summed E-state index contributed by atoms with van der Waals surface area (Å²) in [4.78, 5) is 0. The van der Waals surface area contributed by atoms with Gasteiger partial charge >= 0.3 is 99.2 Å². The molecule has 1 unspecified atom stereocenters. The monoisotopic (exact) mass is 640 g/mol. The van der Waals surface area contributed by atoms with Crippen molar-refractivity contribution in [2.45, 2.75) is 40.0 Å². The van der Waals surface area contributed by atoms with Crippen molar-refractivity contribution < 1.29 is 49.0 Å². The molecule has 0 saturated heterocycles. The predicted molar refractivity (Wildman–Crippen MR) is 162 cm³/mol. The second-order valence-corrected chi connectivity index (χ2v) is 10.7. The summed E-state index contributed by atoms with van der Waals surface area (Å²) in [5.74, 6) is 0.634. The Kier molecular flexibility index (Phi) is 14.7. The Bertz CT molecular complexity index is 1440. The predicted octanol–water partition coefficient (Wildman–Crippen LogP) is 4.02. The largest absolute Gasteiger partial charge is 0.126 e. The molecule has 1 atom stereocenters. The van der Waals surface area contributed by atoms with Crippen molar-refractivity contribution in [3.63, 3.8) is 0 Å². The van der Waals surface area contributed by atoms with E-state index in [4.69, 9.17) is 0 Å². The van der Waals surface area contributed by atoms with Gasteiger partial charge in [-0.1, -0.05) is 82.3 Å². The number of hydrogen-bond acceptors (Lipinski definition) is 0. The van der Waals surface area contributed by atoms with Gasteiger partial charge in [0.25, 0.3) is 0 Å². The molecular weight excluding hydrogens is 607 g/mol. The van der Waals surface area contributed by atoms with Gasteiger partial charge in [0.15, 0.2) is 0 Å². The first-order valence-corrected chi connectivity index (χ1v) is 14.9. The maximum Gasteiger partial charge on any atom is -0.0771 e. The fourth-order valence-corrected chi connectivity index (χ4v) is 5.88. The van der Waals surface area contributed by atoms with Crippen LogP contribution in [0.1, 0.15) is 51.2 Å². The van der Waals surface area contributed by atoms with Gasteiger partial charge in [0, 0.05) is 0 Å². The topological polar surface area (TPSA) is 0 Å². The summed E-state index contributed by atoms with van der Waals surface area (Å²) in [5, 5.41) is 5.39. The van der Waals surface area contributed by atoms with E-state index in [0.29, 0.717) is 5.92 Å². The summed E-state index contributed by atoms with van der Waals surface area (Å²) in [6.07, 6.45) is 9.18. The van der Waals surface area contributed by atoms with Crippen molar-refractivity contribution in [3.8, 4) is 0 Å². The van der Waals surface area contributed by atoms with Gasteiger partial charge in [0.05, 0.1) is 0 Å². The first kappa shape index (κ1) is 33.8. The number of halogens is 2. The fourth-order valence-electron chi connectivity index (χ4n) is 5.07. The normalized spacial score (nSPS) is 13.5. The van der Waals surface area contributed by atoms with Gasteiger partial charge in [0.2, 0.25) is 0 Å². The molecule has 0 heterocycles. The van der Waals surface area contributed by atoms with E-state index >= 15 is 0 Å². The molecule has 204 valence electrons. The second kappa shape index (κ2) is 17.4. The van der Waals surface area contributed by atoms with E-state index in [1.807, 2.05) is 0 Å². The smallest absolute Gasteiger partial charge is 0.0771 e. The van der Waals surface area contributed by atoms with Crippen molar-refractivity contribution in [1.29, 1.82) is 0 Å². The number of hydrogen-bond donors (Lipinski definition) is 0. The molecule has 0 fully saturated rings. The Morgan fingerprint density at radius 3 is 1.52 bits per heavy atom. The second-order valence-electron chi connectivity index (χ2n) is 9.46. The molecule has 0 saturated carbocycles. The maximum absolute atomic E-state index is 3.41. The van der Waals surface area contributed by atoms with Crippen LogP contribution in [0.5, 0.6) is 0 Å². The number of allylic oxidation sites excluding steroid dienone is 4. The van der Waals surface area contributed by atoms with Crippen molar-refractivity contribution >= 4 is 24.8 Å². The van der Waals surface area contributed by atoms with Crippen LogP contribution < -0.4 is 24.8 Å². The molecule has 3 heteroatoms.